The van der Waals surface area contributed by atoms with Crippen molar-refractivity contribution in [1.82, 2.24) is 4.90 Å². The smallest absolute Gasteiger partial charge is 0.255 e. The quantitative estimate of drug-likeness (QED) is 0.611. The summed E-state index contributed by atoms with van der Waals surface area (Å²) < 4.78 is 1.80. The van der Waals surface area contributed by atoms with Crippen LogP contribution in [0.25, 0.3) is 0 Å². The van der Waals surface area contributed by atoms with Gasteiger partial charge in [0.25, 0.3) is 5.91 Å². The molecule has 2 aromatic rings. The van der Waals surface area contributed by atoms with E-state index >= 15 is 0 Å². The third-order valence-electron chi connectivity index (χ3n) is 2.83. The van der Waals surface area contributed by atoms with E-state index in [1.807, 2.05) is 31.2 Å². The zero-order valence-corrected chi connectivity index (χ0v) is 15.4. The number of thiophene rings is 1. The Morgan fingerprint density at radius 1 is 1.30 bits per heavy atom. The van der Waals surface area contributed by atoms with Crippen LogP contribution in [0.2, 0.25) is 5.02 Å². The number of hydrogen-bond acceptors (Lipinski definition) is 2. The van der Waals surface area contributed by atoms with Crippen molar-refractivity contribution in [3.8, 4) is 0 Å². The topological polar surface area (TPSA) is 20.3 Å². The molecule has 2 rings (SSSR count). The molecule has 0 aliphatic carbocycles. The van der Waals surface area contributed by atoms with Gasteiger partial charge >= 0.3 is 0 Å². The molecule has 0 saturated heterocycles. The Morgan fingerprint density at radius 3 is 2.65 bits per heavy atom. The highest BCUT2D eigenvalue weighted by atomic mass is 79.9. The van der Waals surface area contributed by atoms with Crippen molar-refractivity contribution < 1.29 is 4.79 Å². The van der Waals surface area contributed by atoms with E-state index in [9.17, 15) is 4.79 Å². The van der Waals surface area contributed by atoms with Gasteiger partial charge in [-0.3, -0.25) is 4.79 Å². The van der Waals surface area contributed by atoms with Crippen molar-refractivity contribution in [1.29, 1.82) is 0 Å². The van der Waals surface area contributed by atoms with Crippen LogP contribution in [0.1, 0.15) is 22.2 Å². The maximum Gasteiger partial charge on any atom is 0.255 e. The summed E-state index contributed by atoms with van der Waals surface area (Å²) in [6.07, 6.45) is 0. The van der Waals surface area contributed by atoms with Gasteiger partial charge in [0.2, 0.25) is 0 Å². The van der Waals surface area contributed by atoms with Gasteiger partial charge in [0.1, 0.15) is 0 Å². The Bertz CT molecular complexity index is 629. The average Bonchev–Trinajstić information content (AvgIpc) is 2.84. The van der Waals surface area contributed by atoms with Crippen molar-refractivity contribution in [3.05, 3.63) is 54.1 Å². The first-order valence-electron chi connectivity index (χ1n) is 6.00. The molecule has 20 heavy (non-hydrogen) atoms. The molecule has 1 amide bonds. The van der Waals surface area contributed by atoms with Crippen LogP contribution in [0.5, 0.6) is 0 Å². The van der Waals surface area contributed by atoms with Gasteiger partial charge in [-0.05, 0) is 63.0 Å². The molecule has 0 aliphatic rings. The fourth-order valence-electron chi connectivity index (χ4n) is 1.79. The number of nitrogens with zero attached hydrogens (tertiary/aromatic N) is 1. The molecule has 0 atom stereocenters. The number of carbonyl (C=O) groups excluding carboxylic acids is 1. The first kappa shape index (κ1) is 16.0. The lowest BCUT2D eigenvalue weighted by Gasteiger charge is -2.21. The maximum absolute atomic E-state index is 12.6. The zero-order valence-electron chi connectivity index (χ0n) is 10.7. The molecule has 0 radical (unpaired) electrons. The molecule has 2 nitrogen and oxygen atoms in total. The molecule has 0 fully saturated rings. The molecule has 1 heterocycles. The monoisotopic (exact) mass is 435 g/mol. The highest BCUT2D eigenvalue weighted by Crippen LogP contribution is 2.28. The van der Waals surface area contributed by atoms with Gasteiger partial charge in [0.15, 0.2) is 0 Å². The minimum absolute atomic E-state index is 0.0525. The van der Waals surface area contributed by atoms with Gasteiger partial charge in [0.05, 0.1) is 20.9 Å². The summed E-state index contributed by atoms with van der Waals surface area (Å²) in [4.78, 5) is 15.5. The Hall–Kier alpha value is -0.360. The third-order valence-corrected chi connectivity index (χ3v) is 5.73. The van der Waals surface area contributed by atoms with Crippen molar-refractivity contribution in [2.24, 2.45) is 0 Å². The predicted octanol–water partition coefficient (Wildman–Crippen LogP) is 5.59. The fourth-order valence-corrected chi connectivity index (χ4v) is 3.86. The highest BCUT2D eigenvalue weighted by molar-refractivity contribution is 9.11. The number of rotatable bonds is 4. The molecule has 0 N–H and O–H groups in total. The van der Waals surface area contributed by atoms with Crippen LogP contribution in [0, 0.1) is 0 Å². The molecule has 0 bridgehead atoms. The molecule has 1 aromatic heterocycles. The third kappa shape index (κ3) is 3.64. The zero-order chi connectivity index (χ0) is 14.7. The molecule has 106 valence electrons. The number of carbonyl (C=O) groups is 1. The van der Waals surface area contributed by atoms with Gasteiger partial charge < -0.3 is 4.90 Å². The summed E-state index contributed by atoms with van der Waals surface area (Å²) in [6.45, 7) is 3.19. The van der Waals surface area contributed by atoms with Gasteiger partial charge in [-0.1, -0.05) is 17.7 Å². The van der Waals surface area contributed by atoms with Crippen LogP contribution in [0.15, 0.2) is 38.6 Å². The van der Waals surface area contributed by atoms with Crippen LogP contribution in [-0.2, 0) is 6.54 Å². The van der Waals surface area contributed by atoms with Crippen molar-refractivity contribution >= 4 is 60.7 Å². The van der Waals surface area contributed by atoms with Crippen LogP contribution < -0.4 is 0 Å². The van der Waals surface area contributed by atoms with E-state index in [4.69, 9.17) is 11.6 Å². The number of amides is 1. The lowest BCUT2D eigenvalue weighted by molar-refractivity contribution is 0.0754. The van der Waals surface area contributed by atoms with E-state index in [0.29, 0.717) is 23.7 Å². The number of benzene rings is 1. The Kier molecular flexibility index (Phi) is 5.66. The fraction of sp³-hybridized carbons (Fsp3) is 0.214. The van der Waals surface area contributed by atoms with E-state index in [2.05, 4.69) is 31.9 Å². The van der Waals surface area contributed by atoms with Gasteiger partial charge in [0, 0.05) is 15.9 Å². The van der Waals surface area contributed by atoms with Crippen molar-refractivity contribution in [2.45, 2.75) is 13.5 Å². The second-order valence-corrected chi connectivity index (χ2v) is 7.91. The summed E-state index contributed by atoms with van der Waals surface area (Å²) in [5, 5.41) is 0.461. The van der Waals surface area contributed by atoms with Crippen molar-refractivity contribution in [3.63, 3.8) is 0 Å². The van der Waals surface area contributed by atoms with E-state index in [1.165, 1.54) is 0 Å². The van der Waals surface area contributed by atoms with Crippen LogP contribution in [-0.4, -0.2) is 17.4 Å². The van der Waals surface area contributed by atoms with E-state index < -0.39 is 0 Å². The molecule has 0 spiro atoms. The second kappa shape index (κ2) is 7.07. The second-order valence-electron chi connectivity index (χ2n) is 4.13. The van der Waals surface area contributed by atoms with E-state index in [1.54, 1.807) is 22.3 Å². The average molecular weight is 438 g/mol. The molecular formula is C14H12Br2ClNOS. The number of halogens is 3. The first-order chi connectivity index (χ1) is 9.52. The predicted molar refractivity (Wildman–Crippen MR) is 91.6 cm³/mol. The van der Waals surface area contributed by atoms with Gasteiger partial charge in [-0.15, -0.1) is 11.3 Å². The molecular weight excluding hydrogens is 425 g/mol. The summed E-state index contributed by atoms with van der Waals surface area (Å²) in [7, 11) is 0. The molecule has 0 saturated carbocycles. The number of hydrogen-bond donors (Lipinski definition) is 0. The summed E-state index contributed by atoms with van der Waals surface area (Å²) in [6, 6.07) is 9.41. The Morgan fingerprint density at radius 2 is 2.05 bits per heavy atom. The molecule has 1 aromatic carbocycles. The van der Waals surface area contributed by atoms with E-state index in [0.717, 1.165) is 13.1 Å². The summed E-state index contributed by atoms with van der Waals surface area (Å²) >= 11 is 14.6. The van der Waals surface area contributed by atoms with Crippen molar-refractivity contribution in [2.75, 3.05) is 6.54 Å². The minimum Gasteiger partial charge on any atom is -0.334 e. The SMILES string of the molecule is CCN(Cc1ccc(Br)s1)C(=O)c1cccc(Br)c1Cl. The van der Waals surface area contributed by atoms with Crippen LogP contribution in [0.3, 0.4) is 0 Å². The Balaban J connectivity index is 2.23. The van der Waals surface area contributed by atoms with Crippen LogP contribution >= 0.6 is 54.8 Å². The van der Waals surface area contributed by atoms with E-state index in [-0.39, 0.29) is 5.91 Å². The normalized spacial score (nSPS) is 10.6. The first-order valence-corrected chi connectivity index (χ1v) is 8.78. The standard InChI is InChI=1S/C14H12Br2ClNOS/c1-2-18(8-9-6-7-12(16)20-9)14(19)10-4-3-5-11(15)13(10)17/h3-7H,2,8H2,1H3. The van der Waals surface area contributed by atoms with Gasteiger partial charge in [-0.2, -0.15) is 0 Å². The van der Waals surface area contributed by atoms with Crippen LogP contribution in [0.4, 0.5) is 0 Å². The summed E-state index contributed by atoms with van der Waals surface area (Å²) in [5.74, 6) is -0.0525. The van der Waals surface area contributed by atoms with Gasteiger partial charge in [-0.25, -0.2) is 0 Å². The lowest BCUT2D eigenvalue weighted by atomic mass is 10.2. The Labute approximate surface area is 144 Å². The molecule has 0 aliphatic heterocycles. The molecule has 0 unspecified atom stereocenters. The maximum atomic E-state index is 12.6. The lowest BCUT2D eigenvalue weighted by Crippen LogP contribution is -2.30. The molecule has 6 heteroatoms. The summed E-state index contributed by atoms with van der Waals surface area (Å²) in [5.41, 5.74) is 0.526. The minimum atomic E-state index is -0.0525. The highest BCUT2D eigenvalue weighted by Gasteiger charge is 2.19. The largest absolute Gasteiger partial charge is 0.334 e.